The molecule has 25 heavy (non-hydrogen) atoms. The number of aromatic nitrogens is 2. The Morgan fingerprint density at radius 3 is 2.84 bits per heavy atom. The first-order valence-corrected chi connectivity index (χ1v) is 9.52. The summed E-state index contributed by atoms with van der Waals surface area (Å²) < 4.78 is 5.96. The molecule has 4 heteroatoms. The summed E-state index contributed by atoms with van der Waals surface area (Å²) in [4.78, 5) is 12.0. The quantitative estimate of drug-likeness (QED) is 0.834. The van der Waals surface area contributed by atoms with Gasteiger partial charge in [0.2, 0.25) is 0 Å². The lowest BCUT2D eigenvalue weighted by Gasteiger charge is -2.25. The van der Waals surface area contributed by atoms with Gasteiger partial charge >= 0.3 is 0 Å². The number of fused-ring (bicyclic) bond motifs is 1. The van der Waals surface area contributed by atoms with Crippen molar-refractivity contribution >= 4 is 5.82 Å². The molecule has 1 aliphatic carbocycles. The van der Waals surface area contributed by atoms with Gasteiger partial charge in [0.15, 0.2) is 0 Å². The van der Waals surface area contributed by atoms with Gasteiger partial charge in [-0.3, -0.25) is 0 Å². The summed E-state index contributed by atoms with van der Waals surface area (Å²) in [5, 5.41) is 0. The summed E-state index contributed by atoms with van der Waals surface area (Å²) >= 11 is 0. The van der Waals surface area contributed by atoms with E-state index >= 15 is 0 Å². The summed E-state index contributed by atoms with van der Waals surface area (Å²) in [6.07, 6.45) is 5.97. The molecule has 1 aromatic heterocycles. The summed E-state index contributed by atoms with van der Waals surface area (Å²) in [5.41, 5.74) is 3.94. The van der Waals surface area contributed by atoms with E-state index in [1.165, 1.54) is 41.9 Å². The standard InChI is InChI=1S/C21H27N3O/c1-16-22-20-10-6-5-9-19(20)21(23-16)24-12-11-18(13-24)15-25-14-17-7-3-2-4-8-17/h2-4,7-8,18H,5-6,9-15H2,1H3. The Morgan fingerprint density at radius 2 is 1.96 bits per heavy atom. The Bertz CT molecular complexity index is 717. The van der Waals surface area contributed by atoms with Gasteiger partial charge < -0.3 is 9.64 Å². The maximum absolute atomic E-state index is 5.96. The molecule has 4 nitrogen and oxygen atoms in total. The largest absolute Gasteiger partial charge is 0.376 e. The zero-order chi connectivity index (χ0) is 17.1. The van der Waals surface area contributed by atoms with Crippen molar-refractivity contribution < 1.29 is 4.74 Å². The minimum atomic E-state index is 0.596. The zero-order valence-corrected chi connectivity index (χ0v) is 15.1. The van der Waals surface area contributed by atoms with Crippen molar-refractivity contribution in [1.29, 1.82) is 0 Å². The van der Waals surface area contributed by atoms with Crippen LogP contribution in [0.3, 0.4) is 0 Å². The molecule has 132 valence electrons. The molecule has 1 atom stereocenters. The number of benzene rings is 1. The molecule has 2 heterocycles. The molecule has 1 aromatic carbocycles. The highest BCUT2D eigenvalue weighted by Gasteiger charge is 2.27. The highest BCUT2D eigenvalue weighted by molar-refractivity contribution is 5.51. The van der Waals surface area contributed by atoms with Crippen molar-refractivity contribution in [3.8, 4) is 0 Å². The van der Waals surface area contributed by atoms with Gasteiger partial charge in [-0.05, 0) is 44.6 Å². The van der Waals surface area contributed by atoms with Crippen LogP contribution in [-0.4, -0.2) is 29.7 Å². The molecule has 4 rings (SSSR count). The molecule has 0 radical (unpaired) electrons. The van der Waals surface area contributed by atoms with E-state index in [-0.39, 0.29) is 0 Å². The van der Waals surface area contributed by atoms with Crippen molar-refractivity contribution in [2.24, 2.45) is 5.92 Å². The van der Waals surface area contributed by atoms with E-state index in [2.05, 4.69) is 34.1 Å². The first kappa shape index (κ1) is 16.5. The fraction of sp³-hybridized carbons (Fsp3) is 0.524. The van der Waals surface area contributed by atoms with Crippen molar-refractivity contribution in [3.63, 3.8) is 0 Å². The maximum Gasteiger partial charge on any atom is 0.135 e. The molecule has 2 aromatic rings. The molecular formula is C21H27N3O. The van der Waals surface area contributed by atoms with Gasteiger partial charge in [0.1, 0.15) is 11.6 Å². The van der Waals surface area contributed by atoms with Gasteiger partial charge in [-0.2, -0.15) is 0 Å². The van der Waals surface area contributed by atoms with E-state index in [9.17, 15) is 0 Å². The van der Waals surface area contributed by atoms with E-state index in [0.29, 0.717) is 12.5 Å². The monoisotopic (exact) mass is 337 g/mol. The van der Waals surface area contributed by atoms with Crippen molar-refractivity contribution in [3.05, 3.63) is 53.0 Å². The third-order valence-corrected chi connectivity index (χ3v) is 5.32. The highest BCUT2D eigenvalue weighted by Crippen LogP contribution is 2.31. The zero-order valence-electron chi connectivity index (χ0n) is 15.1. The number of ether oxygens (including phenoxy) is 1. The average Bonchev–Trinajstić information content (AvgIpc) is 3.10. The normalized spacial score (nSPS) is 19.9. The molecule has 2 aliphatic rings. The predicted molar refractivity (Wildman–Crippen MR) is 99.8 cm³/mol. The topological polar surface area (TPSA) is 38.2 Å². The molecule has 1 unspecified atom stereocenters. The Labute approximate surface area is 150 Å². The van der Waals surface area contributed by atoms with Crippen LogP contribution in [-0.2, 0) is 24.2 Å². The van der Waals surface area contributed by atoms with Crippen LogP contribution < -0.4 is 4.90 Å². The lowest BCUT2D eigenvalue weighted by atomic mass is 9.96. The average molecular weight is 337 g/mol. The first-order chi connectivity index (χ1) is 12.3. The second-order valence-electron chi connectivity index (χ2n) is 7.33. The van der Waals surface area contributed by atoms with Crippen LogP contribution in [0.4, 0.5) is 5.82 Å². The van der Waals surface area contributed by atoms with Crippen LogP contribution in [0.5, 0.6) is 0 Å². The van der Waals surface area contributed by atoms with Crippen LogP contribution in [0.25, 0.3) is 0 Å². The SMILES string of the molecule is Cc1nc2c(c(N3CCC(COCc4ccccc4)C3)n1)CCCC2. The summed E-state index contributed by atoms with van der Waals surface area (Å²) in [7, 11) is 0. The van der Waals surface area contributed by atoms with Crippen LogP contribution in [0.2, 0.25) is 0 Å². The molecule has 0 amide bonds. The summed E-state index contributed by atoms with van der Waals surface area (Å²) in [6.45, 7) is 5.70. The number of aryl methyl sites for hydroxylation is 2. The van der Waals surface area contributed by atoms with E-state index < -0.39 is 0 Å². The number of hydrogen-bond donors (Lipinski definition) is 0. The Balaban J connectivity index is 1.37. The molecule has 0 spiro atoms. The first-order valence-electron chi connectivity index (χ1n) is 9.52. The van der Waals surface area contributed by atoms with Crippen molar-refractivity contribution in [2.75, 3.05) is 24.6 Å². The number of hydrogen-bond acceptors (Lipinski definition) is 4. The van der Waals surface area contributed by atoms with Gasteiger partial charge in [0.05, 0.1) is 13.2 Å². The van der Waals surface area contributed by atoms with Gasteiger partial charge in [-0.1, -0.05) is 30.3 Å². The van der Waals surface area contributed by atoms with Crippen LogP contribution >= 0.6 is 0 Å². The number of nitrogens with zero attached hydrogens (tertiary/aromatic N) is 3. The van der Waals surface area contributed by atoms with Gasteiger partial charge in [-0.15, -0.1) is 0 Å². The third kappa shape index (κ3) is 3.84. The fourth-order valence-corrected chi connectivity index (χ4v) is 4.04. The van der Waals surface area contributed by atoms with Gasteiger partial charge in [0, 0.05) is 30.3 Å². The maximum atomic E-state index is 5.96. The second kappa shape index (κ2) is 7.52. The van der Waals surface area contributed by atoms with Crippen LogP contribution in [0.1, 0.15) is 41.9 Å². The van der Waals surface area contributed by atoms with E-state index in [1.54, 1.807) is 0 Å². The summed E-state index contributed by atoms with van der Waals surface area (Å²) in [6, 6.07) is 10.4. The predicted octanol–water partition coefficient (Wildman–Crippen LogP) is 3.71. The number of anilines is 1. The van der Waals surface area contributed by atoms with E-state index in [1.807, 2.05) is 13.0 Å². The second-order valence-corrected chi connectivity index (χ2v) is 7.33. The Kier molecular flexibility index (Phi) is 4.97. The Morgan fingerprint density at radius 1 is 1.12 bits per heavy atom. The van der Waals surface area contributed by atoms with E-state index in [0.717, 1.165) is 38.4 Å². The minimum absolute atomic E-state index is 0.596. The Hall–Kier alpha value is -1.94. The molecule has 1 saturated heterocycles. The summed E-state index contributed by atoms with van der Waals surface area (Å²) in [5.74, 6) is 2.71. The molecule has 0 N–H and O–H groups in total. The van der Waals surface area contributed by atoms with Crippen molar-refractivity contribution in [1.82, 2.24) is 9.97 Å². The lowest BCUT2D eigenvalue weighted by Crippen LogP contribution is -2.25. The smallest absolute Gasteiger partial charge is 0.135 e. The molecule has 0 bridgehead atoms. The van der Waals surface area contributed by atoms with Crippen LogP contribution in [0.15, 0.2) is 30.3 Å². The molecule has 1 aliphatic heterocycles. The lowest BCUT2D eigenvalue weighted by molar-refractivity contribution is 0.0929. The van der Waals surface area contributed by atoms with Gasteiger partial charge in [0.25, 0.3) is 0 Å². The minimum Gasteiger partial charge on any atom is -0.376 e. The fourth-order valence-electron chi connectivity index (χ4n) is 4.04. The highest BCUT2D eigenvalue weighted by atomic mass is 16.5. The van der Waals surface area contributed by atoms with Gasteiger partial charge in [-0.25, -0.2) is 9.97 Å². The molecule has 0 saturated carbocycles. The third-order valence-electron chi connectivity index (χ3n) is 5.32. The van der Waals surface area contributed by atoms with Crippen molar-refractivity contribution in [2.45, 2.75) is 45.6 Å². The molecule has 1 fully saturated rings. The molecular weight excluding hydrogens is 310 g/mol. The van der Waals surface area contributed by atoms with E-state index in [4.69, 9.17) is 9.72 Å². The van der Waals surface area contributed by atoms with Crippen LogP contribution in [0, 0.1) is 12.8 Å². The number of rotatable bonds is 5.